The second-order valence-corrected chi connectivity index (χ2v) is 4.86. The first-order valence-electron chi connectivity index (χ1n) is 5.29. The Balaban J connectivity index is 2.18. The molecule has 1 aliphatic rings. The summed E-state index contributed by atoms with van der Waals surface area (Å²) in [6, 6.07) is 0. The highest BCUT2D eigenvalue weighted by atomic mass is 35.5. The number of nitrogens with one attached hydrogen (secondary N) is 1. The average Bonchev–Trinajstić information content (AvgIpc) is 2.72. The monoisotopic (exact) mass is 274 g/mol. The van der Waals surface area contributed by atoms with Crippen molar-refractivity contribution < 1.29 is 4.79 Å². The standard InChI is InChI=1S/C10H12Cl2N4O/c11-7-6(8(12)15-5-14-7)16-9(17)10(13)3-1-2-4-10/h5H,1-4,13H2,(H,16,17). The summed E-state index contributed by atoms with van der Waals surface area (Å²) in [6.45, 7) is 0. The fraction of sp³-hybridized carbons (Fsp3) is 0.500. The predicted molar refractivity (Wildman–Crippen MR) is 66.1 cm³/mol. The molecule has 1 saturated carbocycles. The van der Waals surface area contributed by atoms with Gasteiger partial charge in [-0.3, -0.25) is 4.79 Å². The molecule has 0 aromatic carbocycles. The highest BCUT2D eigenvalue weighted by Gasteiger charge is 2.37. The molecular formula is C10H12Cl2N4O. The van der Waals surface area contributed by atoms with Gasteiger partial charge in [0.25, 0.3) is 0 Å². The van der Waals surface area contributed by atoms with Gasteiger partial charge in [0.1, 0.15) is 12.0 Å². The van der Waals surface area contributed by atoms with Crippen LogP contribution in [0.3, 0.4) is 0 Å². The summed E-state index contributed by atoms with van der Waals surface area (Å²) < 4.78 is 0. The first-order chi connectivity index (χ1) is 8.03. The van der Waals surface area contributed by atoms with E-state index in [1.54, 1.807) is 0 Å². The summed E-state index contributed by atoms with van der Waals surface area (Å²) in [6.07, 6.45) is 4.48. The Morgan fingerprint density at radius 3 is 2.35 bits per heavy atom. The van der Waals surface area contributed by atoms with Crippen molar-refractivity contribution in [3.8, 4) is 0 Å². The average molecular weight is 275 g/mol. The van der Waals surface area contributed by atoms with Crippen LogP contribution in [-0.4, -0.2) is 21.4 Å². The van der Waals surface area contributed by atoms with Crippen LogP contribution in [0.25, 0.3) is 0 Å². The van der Waals surface area contributed by atoms with Gasteiger partial charge in [0.15, 0.2) is 10.3 Å². The highest BCUT2D eigenvalue weighted by Crippen LogP contribution is 2.31. The molecule has 1 amide bonds. The lowest BCUT2D eigenvalue weighted by Crippen LogP contribution is -2.48. The van der Waals surface area contributed by atoms with Crippen LogP contribution in [0.5, 0.6) is 0 Å². The lowest BCUT2D eigenvalue weighted by atomic mass is 9.98. The van der Waals surface area contributed by atoms with Crippen LogP contribution in [0.1, 0.15) is 25.7 Å². The van der Waals surface area contributed by atoms with Gasteiger partial charge in [-0.2, -0.15) is 0 Å². The van der Waals surface area contributed by atoms with Crippen LogP contribution in [0.2, 0.25) is 10.3 Å². The molecule has 7 heteroatoms. The molecule has 1 aromatic heterocycles. The Labute approximate surface area is 109 Å². The molecule has 0 bridgehead atoms. The van der Waals surface area contributed by atoms with Crippen molar-refractivity contribution in [2.24, 2.45) is 5.73 Å². The third-order valence-electron chi connectivity index (χ3n) is 2.94. The van der Waals surface area contributed by atoms with Gasteiger partial charge in [-0.25, -0.2) is 9.97 Å². The lowest BCUT2D eigenvalue weighted by molar-refractivity contribution is -0.121. The van der Waals surface area contributed by atoms with Gasteiger partial charge in [0.05, 0.1) is 5.54 Å². The number of halogens is 2. The van der Waals surface area contributed by atoms with E-state index >= 15 is 0 Å². The van der Waals surface area contributed by atoms with Gasteiger partial charge in [0.2, 0.25) is 5.91 Å². The Morgan fingerprint density at radius 2 is 1.82 bits per heavy atom. The second kappa shape index (κ2) is 4.76. The maximum Gasteiger partial charge on any atom is 0.244 e. The summed E-state index contributed by atoms with van der Waals surface area (Å²) in [4.78, 5) is 19.5. The number of aromatic nitrogens is 2. The minimum atomic E-state index is -0.831. The summed E-state index contributed by atoms with van der Waals surface area (Å²) in [5, 5.41) is 2.83. The molecule has 3 N–H and O–H groups in total. The minimum absolute atomic E-state index is 0.111. The Hall–Kier alpha value is -0.910. The molecule has 0 unspecified atom stereocenters. The number of amides is 1. The molecule has 1 aliphatic carbocycles. The molecule has 0 spiro atoms. The van der Waals surface area contributed by atoms with Gasteiger partial charge in [-0.15, -0.1) is 0 Å². The Kier molecular flexibility index (Phi) is 3.51. The van der Waals surface area contributed by atoms with Crippen molar-refractivity contribution in [1.29, 1.82) is 0 Å². The zero-order valence-electron chi connectivity index (χ0n) is 9.04. The Bertz CT molecular complexity index is 426. The third kappa shape index (κ3) is 2.51. The molecule has 0 radical (unpaired) electrons. The molecule has 92 valence electrons. The number of hydrogen-bond acceptors (Lipinski definition) is 4. The molecule has 1 heterocycles. The van der Waals surface area contributed by atoms with Crippen molar-refractivity contribution >= 4 is 34.8 Å². The smallest absolute Gasteiger partial charge is 0.244 e. The van der Waals surface area contributed by atoms with Crippen molar-refractivity contribution in [3.05, 3.63) is 16.6 Å². The highest BCUT2D eigenvalue weighted by molar-refractivity contribution is 6.38. The summed E-state index contributed by atoms with van der Waals surface area (Å²) in [5.41, 5.74) is 5.40. The van der Waals surface area contributed by atoms with E-state index in [-0.39, 0.29) is 21.9 Å². The fourth-order valence-electron chi connectivity index (χ4n) is 1.92. The van der Waals surface area contributed by atoms with E-state index in [4.69, 9.17) is 28.9 Å². The van der Waals surface area contributed by atoms with Crippen LogP contribution in [0, 0.1) is 0 Å². The number of hydrogen-bond donors (Lipinski definition) is 2. The quantitative estimate of drug-likeness (QED) is 0.809. The van der Waals surface area contributed by atoms with Crippen LogP contribution in [0.15, 0.2) is 6.33 Å². The summed E-state index contributed by atoms with van der Waals surface area (Å²) >= 11 is 11.7. The zero-order chi connectivity index (χ0) is 12.5. The number of anilines is 1. The lowest BCUT2D eigenvalue weighted by Gasteiger charge is -2.22. The van der Waals surface area contributed by atoms with Crippen LogP contribution < -0.4 is 11.1 Å². The van der Waals surface area contributed by atoms with Crippen molar-refractivity contribution in [3.63, 3.8) is 0 Å². The van der Waals surface area contributed by atoms with Gasteiger partial charge >= 0.3 is 0 Å². The molecule has 17 heavy (non-hydrogen) atoms. The number of nitrogens with two attached hydrogens (primary N) is 1. The maximum absolute atomic E-state index is 12.0. The first-order valence-corrected chi connectivity index (χ1v) is 6.05. The SMILES string of the molecule is NC1(C(=O)Nc2c(Cl)ncnc2Cl)CCCC1. The van der Waals surface area contributed by atoms with E-state index in [0.717, 1.165) is 12.8 Å². The molecule has 2 rings (SSSR count). The van der Waals surface area contributed by atoms with E-state index in [1.165, 1.54) is 6.33 Å². The number of carbonyl (C=O) groups excluding carboxylic acids is 1. The minimum Gasteiger partial charge on any atom is -0.319 e. The van der Waals surface area contributed by atoms with E-state index in [2.05, 4.69) is 15.3 Å². The maximum atomic E-state index is 12.0. The number of rotatable bonds is 2. The van der Waals surface area contributed by atoms with E-state index in [0.29, 0.717) is 12.8 Å². The van der Waals surface area contributed by atoms with Gasteiger partial charge in [-0.1, -0.05) is 36.0 Å². The largest absolute Gasteiger partial charge is 0.319 e. The third-order valence-corrected chi connectivity index (χ3v) is 3.51. The second-order valence-electron chi connectivity index (χ2n) is 4.15. The van der Waals surface area contributed by atoms with Crippen LogP contribution >= 0.6 is 23.2 Å². The first kappa shape index (κ1) is 12.5. The summed E-state index contributed by atoms with van der Waals surface area (Å²) in [7, 11) is 0. The number of nitrogens with zero attached hydrogens (tertiary/aromatic N) is 2. The van der Waals surface area contributed by atoms with E-state index in [1.807, 2.05) is 0 Å². The normalized spacial score (nSPS) is 18.1. The van der Waals surface area contributed by atoms with Crippen LogP contribution in [0.4, 0.5) is 5.69 Å². The fourth-order valence-corrected chi connectivity index (χ4v) is 2.33. The molecular weight excluding hydrogens is 263 g/mol. The van der Waals surface area contributed by atoms with Crippen molar-refractivity contribution in [2.45, 2.75) is 31.2 Å². The zero-order valence-corrected chi connectivity index (χ0v) is 10.6. The molecule has 5 nitrogen and oxygen atoms in total. The molecule has 0 saturated heterocycles. The van der Waals surface area contributed by atoms with Crippen molar-refractivity contribution in [2.75, 3.05) is 5.32 Å². The number of carbonyl (C=O) groups is 1. The van der Waals surface area contributed by atoms with Crippen molar-refractivity contribution in [1.82, 2.24) is 9.97 Å². The van der Waals surface area contributed by atoms with E-state index in [9.17, 15) is 4.79 Å². The topological polar surface area (TPSA) is 80.9 Å². The molecule has 1 fully saturated rings. The molecule has 0 aliphatic heterocycles. The summed E-state index contributed by atoms with van der Waals surface area (Å²) in [5.74, 6) is -0.284. The molecule has 1 aromatic rings. The van der Waals surface area contributed by atoms with Gasteiger partial charge in [0, 0.05) is 0 Å². The van der Waals surface area contributed by atoms with E-state index < -0.39 is 5.54 Å². The molecule has 0 atom stereocenters. The van der Waals surface area contributed by atoms with Crippen LogP contribution in [-0.2, 0) is 4.79 Å². The Morgan fingerprint density at radius 1 is 1.29 bits per heavy atom. The van der Waals surface area contributed by atoms with Gasteiger partial charge in [-0.05, 0) is 12.8 Å². The predicted octanol–water partition coefficient (Wildman–Crippen LogP) is 1.99. The van der Waals surface area contributed by atoms with Gasteiger partial charge < -0.3 is 11.1 Å².